The van der Waals surface area contributed by atoms with E-state index in [0.717, 1.165) is 74.4 Å². The number of anilines is 1. The van der Waals surface area contributed by atoms with Crippen molar-refractivity contribution in [2.45, 2.75) is 50.7 Å². The second-order valence-electron chi connectivity index (χ2n) is 10.5. The maximum atomic E-state index is 13.2. The molecule has 2 aliphatic heterocycles. The van der Waals surface area contributed by atoms with E-state index in [-0.39, 0.29) is 12.0 Å². The number of aromatic nitrogens is 1. The molecular weight excluding hydrogens is 543 g/mol. The summed E-state index contributed by atoms with van der Waals surface area (Å²) in [6.07, 6.45) is -1.07. The molecule has 5 rings (SSSR count). The van der Waals surface area contributed by atoms with Gasteiger partial charge in [0.15, 0.2) is 5.13 Å². The van der Waals surface area contributed by atoms with Crippen molar-refractivity contribution in [1.29, 1.82) is 0 Å². The number of carbonyl (C=O) groups is 1. The van der Waals surface area contributed by atoms with Crippen LogP contribution in [-0.2, 0) is 28.5 Å². The second kappa shape index (κ2) is 11.9. The van der Waals surface area contributed by atoms with Crippen LogP contribution in [0.15, 0.2) is 36.4 Å². The number of rotatable bonds is 9. The average molecular weight is 578 g/mol. The van der Waals surface area contributed by atoms with Gasteiger partial charge in [-0.25, -0.2) is 4.98 Å². The van der Waals surface area contributed by atoms with Crippen molar-refractivity contribution in [3.63, 3.8) is 0 Å². The van der Waals surface area contributed by atoms with Crippen molar-refractivity contribution in [1.82, 2.24) is 9.88 Å². The topological polar surface area (TPSA) is 75.1 Å². The molecule has 0 saturated carbocycles. The Morgan fingerprint density at radius 1 is 1.12 bits per heavy atom. The van der Waals surface area contributed by atoms with Gasteiger partial charge in [-0.2, -0.15) is 13.2 Å². The number of fused-ring (bicyclic) bond motifs is 1. The molecule has 2 aliphatic rings. The minimum atomic E-state index is -4.38. The molecule has 0 unspecified atom stereocenters. The number of aryl methyl sites for hydroxylation is 1. The maximum absolute atomic E-state index is 13.2. The summed E-state index contributed by atoms with van der Waals surface area (Å²) >= 11 is 1.31. The Labute approximate surface area is 235 Å². The lowest BCUT2D eigenvalue weighted by molar-refractivity contribution is -0.138. The summed E-state index contributed by atoms with van der Waals surface area (Å²) in [7, 11) is 0. The average Bonchev–Trinajstić information content (AvgIpc) is 3.37. The van der Waals surface area contributed by atoms with Crippen molar-refractivity contribution in [3.05, 3.63) is 53.1 Å². The molecule has 216 valence electrons. The highest BCUT2D eigenvalue weighted by molar-refractivity contribution is 7.22. The summed E-state index contributed by atoms with van der Waals surface area (Å²) in [6, 6.07) is 9.36. The third-order valence-corrected chi connectivity index (χ3v) is 9.12. The van der Waals surface area contributed by atoms with Gasteiger partial charge in [0.25, 0.3) is 0 Å². The van der Waals surface area contributed by atoms with E-state index in [1.54, 1.807) is 0 Å². The molecule has 3 heterocycles. The summed E-state index contributed by atoms with van der Waals surface area (Å²) in [4.78, 5) is 20.5. The number of aliphatic carboxylic acids is 1. The molecule has 1 aromatic heterocycles. The van der Waals surface area contributed by atoms with Gasteiger partial charge in [-0.05, 0) is 61.1 Å². The quantitative estimate of drug-likeness (QED) is 0.353. The number of hydrogen-bond acceptors (Lipinski definition) is 7. The molecule has 0 aliphatic carbocycles. The highest BCUT2D eigenvalue weighted by atomic mass is 32.1. The molecule has 0 spiro atoms. The van der Waals surface area contributed by atoms with Crippen molar-refractivity contribution in [2.75, 3.05) is 50.9 Å². The zero-order chi connectivity index (χ0) is 28.3. The Hall–Kier alpha value is -2.89. The smallest absolute Gasteiger partial charge is 0.416 e. The van der Waals surface area contributed by atoms with E-state index in [2.05, 4.69) is 21.7 Å². The molecule has 0 amide bonds. The van der Waals surface area contributed by atoms with Crippen LogP contribution in [0.2, 0.25) is 0 Å². The number of nitrogens with zero attached hydrogens (tertiary/aromatic N) is 3. The fraction of sp³-hybridized carbons (Fsp3) is 0.517. The van der Waals surface area contributed by atoms with Crippen LogP contribution in [0, 0.1) is 0 Å². The highest BCUT2D eigenvalue weighted by Gasteiger charge is 2.41. The van der Waals surface area contributed by atoms with Gasteiger partial charge < -0.3 is 19.5 Å². The van der Waals surface area contributed by atoms with Crippen LogP contribution in [-0.4, -0.2) is 72.5 Å². The number of alkyl halides is 3. The number of ether oxygens (including phenoxy) is 2. The van der Waals surface area contributed by atoms with Crippen molar-refractivity contribution in [3.8, 4) is 5.75 Å². The standard InChI is InChI=1S/C29H34F3N3O4S/c1-2-21-4-3-20(18-26(36)37)17-24(21)39-14-9-28(35-12-15-38-16-13-35)7-10-34(11-8-28)27-33-23-6-5-22(29(30,31)32)19-25(23)40-27/h3-6,17,19H,2,7-16,18H2,1H3,(H,36,37). The van der Waals surface area contributed by atoms with E-state index in [1.165, 1.54) is 23.5 Å². The summed E-state index contributed by atoms with van der Waals surface area (Å²) < 4.78 is 52.0. The van der Waals surface area contributed by atoms with Crippen LogP contribution in [0.25, 0.3) is 10.2 Å². The van der Waals surface area contributed by atoms with E-state index in [4.69, 9.17) is 9.47 Å². The third kappa shape index (κ3) is 6.37. The normalized spacial score (nSPS) is 18.2. The fourth-order valence-electron chi connectivity index (χ4n) is 5.76. The largest absolute Gasteiger partial charge is 0.493 e. The van der Waals surface area contributed by atoms with E-state index in [9.17, 15) is 23.1 Å². The Morgan fingerprint density at radius 3 is 2.55 bits per heavy atom. The summed E-state index contributed by atoms with van der Waals surface area (Å²) in [5.74, 6) is -0.134. The van der Waals surface area contributed by atoms with Gasteiger partial charge in [0, 0.05) is 31.7 Å². The summed E-state index contributed by atoms with van der Waals surface area (Å²) in [6.45, 7) is 7.10. The Balaban J connectivity index is 1.29. The fourth-order valence-corrected chi connectivity index (χ4v) is 6.82. The molecular formula is C29H34F3N3O4S. The molecule has 0 atom stereocenters. The first kappa shape index (κ1) is 28.6. The van der Waals surface area contributed by atoms with Gasteiger partial charge >= 0.3 is 12.1 Å². The van der Waals surface area contributed by atoms with Crippen LogP contribution in [0.4, 0.5) is 18.3 Å². The van der Waals surface area contributed by atoms with Crippen molar-refractivity contribution >= 4 is 32.7 Å². The van der Waals surface area contributed by atoms with Crippen LogP contribution in [0.3, 0.4) is 0 Å². The number of morpholine rings is 1. The van der Waals surface area contributed by atoms with Gasteiger partial charge in [-0.1, -0.05) is 30.4 Å². The van der Waals surface area contributed by atoms with Crippen LogP contribution >= 0.6 is 11.3 Å². The van der Waals surface area contributed by atoms with Gasteiger partial charge in [-0.15, -0.1) is 0 Å². The van der Waals surface area contributed by atoms with Gasteiger partial charge in [0.05, 0.1) is 42.0 Å². The maximum Gasteiger partial charge on any atom is 0.416 e. The predicted octanol–water partition coefficient (Wildman–Crippen LogP) is 5.64. The van der Waals surface area contributed by atoms with E-state index in [0.29, 0.717) is 35.6 Å². The molecule has 0 bridgehead atoms. The Bertz CT molecular complexity index is 1330. The van der Waals surface area contributed by atoms with Crippen LogP contribution in [0.1, 0.15) is 42.9 Å². The molecule has 0 radical (unpaired) electrons. The minimum absolute atomic E-state index is 0.0445. The van der Waals surface area contributed by atoms with Crippen molar-refractivity contribution < 1.29 is 32.5 Å². The molecule has 7 nitrogen and oxygen atoms in total. The molecule has 3 aromatic rings. The molecule has 11 heteroatoms. The first-order valence-electron chi connectivity index (χ1n) is 13.7. The molecule has 2 aromatic carbocycles. The number of piperidine rings is 1. The Morgan fingerprint density at radius 2 is 1.88 bits per heavy atom. The van der Waals surface area contributed by atoms with Crippen molar-refractivity contribution in [2.24, 2.45) is 0 Å². The lowest BCUT2D eigenvalue weighted by atomic mass is 9.82. The zero-order valence-electron chi connectivity index (χ0n) is 22.5. The lowest BCUT2D eigenvalue weighted by Crippen LogP contribution is -2.59. The number of thiazole rings is 1. The predicted molar refractivity (Wildman–Crippen MR) is 148 cm³/mol. The Kier molecular flexibility index (Phi) is 8.53. The van der Waals surface area contributed by atoms with Crippen LogP contribution in [0.5, 0.6) is 5.75 Å². The minimum Gasteiger partial charge on any atom is -0.493 e. The lowest BCUT2D eigenvalue weighted by Gasteiger charge is -2.50. The first-order valence-corrected chi connectivity index (χ1v) is 14.5. The number of benzene rings is 2. The summed E-state index contributed by atoms with van der Waals surface area (Å²) in [5.41, 5.74) is 1.61. The first-order chi connectivity index (χ1) is 19.2. The monoisotopic (exact) mass is 577 g/mol. The number of carboxylic acids is 1. The third-order valence-electron chi connectivity index (χ3n) is 8.04. The number of halogens is 3. The molecule has 1 N–H and O–H groups in total. The second-order valence-corrected chi connectivity index (χ2v) is 11.5. The molecule has 40 heavy (non-hydrogen) atoms. The number of hydrogen-bond donors (Lipinski definition) is 1. The van der Waals surface area contributed by atoms with E-state index >= 15 is 0 Å². The number of carboxylic acid groups (broad SMARTS) is 1. The van der Waals surface area contributed by atoms with Crippen LogP contribution < -0.4 is 9.64 Å². The molecule has 2 saturated heterocycles. The summed E-state index contributed by atoms with van der Waals surface area (Å²) in [5, 5.41) is 9.94. The van der Waals surface area contributed by atoms with E-state index in [1.807, 2.05) is 18.2 Å². The van der Waals surface area contributed by atoms with Gasteiger partial charge in [0.1, 0.15) is 5.75 Å². The van der Waals surface area contributed by atoms with Gasteiger partial charge in [-0.3, -0.25) is 9.69 Å². The SMILES string of the molecule is CCc1ccc(CC(=O)O)cc1OCCC1(N2CCOCC2)CCN(c2nc3ccc(C(F)(F)F)cc3s2)CC1. The zero-order valence-corrected chi connectivity index (χ0v) is 23.3. The molecule has 2 fully saturated rings. The van der Waals surface area contributed by atoms with Gasteiger partial charge in [0.2, 0.25) is 0 Å². The highest BCUT2D eigenvalue weighted by Crippen LogP contribution is 2.39. The van der Waals surface area contributed by atoms with E-state index < -0.39 is 17.7 Å².